The number of rotatable bonds is 2. The maximum Gasteiger partial charge on any atom is 0.573 e. The van der Waals surface area contributed by atoms with E-state index in [9.17, 15) is 18.0 Å². The number of nitrogens with one attached hydrogen (secondary N) is 1. The van der Waals surface area contributed by atoms with Crippen LogP contribution in [0.25, 0.3) is 0 Å². The molecule has 1 unspecified atom stereocenters. The van der Waals surface area contributed by atoms with Crippen LogP contribution >= 0.6 is 0 Å². The van der Waals surface area contributed by atoms with E-state index in [4.69, 9.17) is 4.74 Å². The topological polar surface area (TPSA) is 50.8 Å². The van der Waals surface area contributed by atoms with Gasteiger partial charge < -0.3 is 14.8 Å². The molecule has 8 heteroatoms. The molecule has 0 radical (unpaired) electrons. The van der Waals surface area contributed by atoms with Gasteiger partial charge in [0.1, 0.15) is 11.4 Å². The summed E-state index contributed by atoms with van der Waals surface area (Å²) in [4.78, 5) is 13.9. The Bertz CT molecular complexity index is 585. The molecule has 1 aliphatic heterocycles. The SMILES string of the molecule is CC(C)(C)OC(=O)N1CCNCC1c1cccc(OC(F)(F)F)c1. The van der Waals surface area contributed by atoms with Crippen LogP contribution in [-0.4, -0.2) is 42.6 Å². The molecule has 24 heavy (non-hydrogen) atoms. The number of alkyl halides is 3. The third kappa shape index (κ3) is 5.30. The number of carbonyl (C=O) groups is 1. The first kappa shape index (κ1) is 18.4. The number of hydrogen-bond donors (Lipinski definition) is 1. The summed E-state index contributed by atoms with van der Waals surface area (Å²) in [7, 11) is 0. The number of hydrogen-bond acceptors (Lipinski definition) is 4. The summed E-state index contributed by atoms with van der Waals surface area (Å²) in [6.07, 6.45) is -5.25. The third-order valence-corrected chi connectivity index (χ3v) is 3.35. The molecular formula is C16H21F3N2O3. The zero-order valence-corrected chi connectivity index (χ0v) is 13.8. The standard InChI is InChI=1S/C16H21F3N2O3/c1-15(2,3)24-14(22)21-8-7-20-10-13(21)11-5-4-6-12(9-11)23-16(17,18)19/h4-6,9,13,20H,7-8,10H2,1-3H3. The molecule has 1 N–H and O–H groups in total. The second-order valence-electron chi connectivity index (χ2n) is 6.51. The number of ether oxygens (including phenoxy) is 2. The van der Waals surface area contributed by atoms with Crippen molar-refractivity contribution in [2.75, 3.05) is 19.6 Å². The second kappa shape index (κ2) is 6.88. The zero-order chi connectivity index (χ0) is 18.0. The molecule has 0 aromatic heterocycles. The Balaban J connectivity index is 2.21. The molecule has 1 aromatic carbocycles. The summed E-state index contributed by atoms with van der Waals surface area (Å²) < 4.78 is 46.5. The first-order valence-electron chi connectivity index (χ1n) is 7.61. The van der Waals surface area contributed by atoms with Crippen LogP contribution in [0, 0.1) is 0 Å². The lowest BCUT2D eigenvalue weighted by molar-refractivity contribution is -0.274. The van der Waals surface area contributed by atoms with Gasteiger partial charge >= 0.3 is 12.5 Å². The van der Waals surface area contributed by atoms with Crippen molar-refractivity contribution in [3.63, 3.8) is 0 Å². The van der Waals surface area contributed by atoms with E-state index in [0.29, 0.717) is 25.2 Å². The smallest absolute Gasteiger partial charge is 0.444 e. The summed E-state index contributed by atoms with van der Waals surface area (Å²) >= 11 is 0. The number of carbonyl (C=O) groups excluding carboxylic acids is 1. The van der Waals surface area contributed by atoms with Gasteiger partial charge in [-0.05, 0) is 38.5 Å². The van der Waals surface area contributed by atoms with Crippen molar-refractivity contribution in [3.8, 4) is 5.75 Å². The number of benzene rings is 1. The molecule has 134 valence electrons. The van der Waals surface area contributed by atoms with E-state index >= 15 is 0 Å². The Morgan fingerprint density at radius 1 is 1.29 bits per heavy atom. The van der Waals surface area contributed by atoms with Crippen molar-refractivity contribution in [2.24, 2.45) is 0 Å². The summed E-state index contributed by atoms with van der Waals surface area (Å²) in [5, 5.41) is 3.14. The maximum atomic E-state index is 12.4. The molecule has 2 rings (SSSR count). The highest BCUT2D eigenvalue weighted by atomic mass is 19.4. The Hall–Kier alpha value is -1.96. The molecule has 0 saturated carbocycles. The Morgan fingerprint density at radius 3 is 2.62 bits per heavy atom. The van der Waals surface area contributed by atoms with Crippen LogP contribution in [0.4, 0.5) is 18.0 Å². The molecule has 1 aromatic rings. The van der Waals surface area contributed by atoms with Gasteiger partial charge in [0.05, 0.1) is 6.04 Å². The molecule has 1 fully saturated rings. The third-order valence-electron chi connectivity index (χ3n) is 3.35. The lowest BCUT2D eigenvalue weighted by atomic mass is 10.0. The van der Waals surface area contributed by atoms with Crippen molar-refractivity contribution in [1.82, 2.24) is 10.2 Å². The van der Waals surface area contributed by atoms with E-state index in [1.807, 2.05) is 0 Å². The van der Waals surface area contributed by atoms with Crippen LogP contribution in [0.2, 0.25) is 0 Å². The largest absolute Gasteiger partial charge is 0.573 e. The van der Waals surface area contributed by atoms with E-state index < -0.39 is 24.1 Å². The summed E-state index contributed by atoms with van der Waals surface area (Å²) in [5.74, 6) is -0.310. The minimum absolute atomic E-state index is 0.310. The van der Waals surface area contributed by atoms with E-state index in [1.54, 1.807) is 26.8 Å². The fourth-order valence-electron chi connectivity index (χ4n) is 2.46. The predicted octanol–water partition coefficient (Wildman–Crippen LogP) is 3.47. The lowest BCUT2D eigenvalue weighted by Gasteiger charge is -2.37. The van der Waals surface area contributed by atoms with Crippen LogP contribution < -0.4 is 10.1 Å². The van der Waals surface area contributed by atoms with Gasteiger partial charge in [0.2, 0.25) is 0 Å². The molecule has 1 atom stereocenters. The number of nitrogens with zero attached hydrogens (tertiary/aromatic N) is 1. The van der Waals surface area contributed by atoms with Crippen LogP contribution in [0.1, 0.15) is 32.4 Å². The van der Waals surface area contributed by atoms with Crippen molar-refractivity contribution >= 4 is 6.09 Å². The minimum Gasteiger partial charge on any atom is -0.444 e. The molecule has 1 heterocycles. The van der Waals surface area contributed by atoms with Crippen molar-refractivity contribution < 1.29 is 27.4 Å². The van der Waals surface area contributed by atoms with E-state index in [2.05, 4.69) is 10.1 Å². The Morgan fingerprint density at radius 2 is 2.00 bits per heavy atom. The molecule has 0 aliphatic carbocycles. The van der Waals surface area contributed by atoms with Gasteiger partial charge in [-0.25, -0.2) is 4.79 Å². The fourth-order valence-corrected chi connectivity index (χ4v) is 2.46. The first-order valence-corrected chi connectivity index (χ1v) is 7.61. The van der Waals surface area contributed by atoms with Crippen LogP contribution in [0.5, 0.6) is 5.75 Å². The van der Waals surface area contributed by atoms with Crippen LogP contribution in [-0.2, 0) is 4.74 Å². The molecule has 1 aliphatic rings. The molecular weight excluding hydrogens is 325 g/mol. The summed E-state index contributed by atoms with van der Waals surface area (Å²) in [5.41, 5.74) is -0.0943. The van der Waals surface area contributed by atoms with Gasteiger partial charge in [-0.2, -0.15) is 0 Å². The van der Waals surface area contributed by atoms with Gasteiger partial charge in [0.25, 0.3) is 0 Å². The highest BCUT2D eigenvalue weighted by Gasteiger charge is 2.33. The predicted molar refractivity (Wildman–Crippen MR) is 81.7 cm³/mol. The van der Waals surface area contributed by atoms with Gasteiger partial charge in [0.15, 0.2) is 0 Å². The summed E-state index contributed by atoms with van der Waals surface area (Å²) in [6.45, 7) is 6.72. The molecule has 0 spiro atoms. The van der Waals surface area contributed by atoms with Gasteiger partial charge in [-0.3, -0.25) is 4.90 Å². The van der Waals surface area contributed by atoms with Crippen molar-refractivity contribution in [2.45, 2.75) is 38.8 Å². The number of halogens is 3. The highest BCUT2D eigenvalue weighted by molar-refractivity contribution is 5.69. The average Bonchev–Trinajstić information content (AvgIpc) is 2.44. The van der Waals surface area contributed by atoms with E-state index in [1.165, 1.54) is 23.1 Å². The molecule has 5 nitrogen and oxygen atoms in total. The minimum atomic E-state index is -4.76. The van der Waals surface area contributed by atoms with Crippen molar-refractivity contribution in [1.29, 1.82) is 0 Å². The van der Waals surface area contributed by atoms with Gasteiger partial charge in [0, 0.05) is 19.6 Å². The van der Waals surface area contributed by atoms with Crippen LogP contribution in [0.15, 0.2) is 24.3 Å². The van der Waals surface area contributed by atoms with Gasteiger partial charge in [-0.15, -0.1) is 13.2 Å². The highest BCUT2D eigenvalue weighted by Crippen LogP contribution is 2.29. The number of amides is 1. The molecule has 1 amide bonds. The Labute approximate surface area is 138 Å². The number of piperazine rings is 1. The van der Waals surface area contributed by atoms with E-state index in [0.717, 1.165) is 0 Å². The fraction of sp³-hybridized carbons (Fsp3) is 0.562. The first-order chi connectivity index (χ1) is 11.1. The van der Waals surface area contributed by atoms with Crippen molar-refractivity contribution in [3.05, 3.63) is 29.8 Å². The monoisotopic (exact) mass is 346 g/mol. The van der Waals surface area contributed by atoms with Gasteiger partial charge in [-0.1, -0.05) is 12.1 Å². The summed E-state index contributed by atoms with van der Waals surface area (Å²) in [6, 6.07) is 5.23. The zero-order valence-electron chi connectivity index (χ0n) is 13.8. The lowest BCUT2D eigenvalue weighted by Crippen LogP contribution is -2.50. The quantitative estimate of drug-likeness (QED) is 0.891. The van der Waals surface area contributed by atoms with E-state index in [-0.39, 0.29) is 5.75 Å². The maximum absolute atomic E-state index is 12.4. The molecule has 1 saturated heterocycles. The van der Waals surface area contributed by atoms with Crippen LogP contribution in [0.3, 0.4) is 0 Å². The Kier molecular flexibility index (Phi) is 5.27. The average molecular weight is 346 g/mol. The normalized spacial score (nSPS) is 19.1. The molecule has 0 bridgehead atoms. The second-order valence-corrected chi connectivity index (χ2v) is 6.51.